The third-order valence-corrected chi connectivity index (χ3v) is 2.51. The van der Waals surface area contributed by atoms with Gasteiger partial charge in [0, 0.05) is 5.41 Å². The van der Waals surface area contributed by atoms with Crippen molar-refractivity contribution in [1.29, 1.82) is 0 Å². The molecule has 1 rings (SSSR count). The van der Waals surface area contributed by atoms with Crippen LogP contribution in [0.25, 0.3) is 0 Å². The number of hydrogen-bond donors (Lipinski definition) is 1. The minimum Gasteiger partial charge on any atom is -0.481 e. The predicted octanol–water partition coefficient (Wildman–Crippen LogP) is 1.67. The molecule has 0 spiro atoms. The molecule has 10 heavy (non-hydrogen) atoms. The van der Waals surface area contributed by atoms with E-state index < -0.39 is 5.97 Å². The SMILES string of the molecule is C=C(C)[C@]1(C)C[C@H]1C(=O)O. The molecule has 0 aromatic carbocycles. The van der Waals surface area contributed by atoms with Crippen LogP contribution in [0.4, 0.5) is 0 Å². The van der Waals surface area contributed by atoms with Crippen LogP contribution in [-0.4, -0.2) is 11.1 Å². The number of carboxylic acids is 1. The minimum atomic E-state index is -0.689. The Balaban J connectivity index is 2.65. The van der Waals surface area contributed by atoms with Crippen molar-refractivity contribution in [3.63, 3.8) is 0 Å². The van der Waals surface area contributed by atoms with Crippen molar-refractivity contribution in [1.82, 2.24) is 0 Å². The van der Waals surface area contributed by atoms with Crippen LogP contribution in [0.2, 0.25) is 0 Å². The fraction of sp³-hybridized carbons (Fsp3) is 0.625. The first-order valence-corrected chi connectivity index (χ1v) is 3.37. The zero-order chi connectivity index (χ0) is 7.94. The van der Waals surface area contributed by atoms with E-state index in [0.29, 0.717) is 0 Å². The Morgan fingerprint density at radius 2 is 2.30 bits per heavy atom. The van der Waals surface area contributed by atoms with Crippen LogP contribution < -0.4 is 0 Å². The maximum Gasteiger partial charge on any atom is 0.307 e. The fourth-order valence-corrected chi connectivity index (χ4v) is 1.20. The zero-order valence-corrected chi connectivity index (χ0v) is 6.35. The van der Waals surface area contributed by atoms with E-state index in [9.17, 15) is 4.79 Å². The molecular formula is C8H12O2. The van der Waals surface area contributed by atoms with Gasteiger partial charge in [-0.05, 0) is 13.3 Å². The van der Waals surface area contributed by atoms with Gasteiger partial charge in [0.25, 0.3) is 0 Å². The summed E-state index contributed by atoms with van der Waals surface area (Å²) in [5, 5.41) is 8.60. The Hall–Kier alpha value is -0.790. The summed E-state index contributed by atoms with van der Waals surface area (Å²) in [7, 11) is 0. The second-order valence-corrected chi connectivity index (χ2v) is 3.29. The number of carboxylic acid groups (broad SMARTS) is 1. The van der Waals surface area contributed by atoms with E-state index in [1.54, 1.807) is 0 Å². The van der Waals surface area contributed by atoms with Crippen LogP contribution in [0.1, 0.15) is 20.3 Å². The number of aliphatic carboxylic acids is 1. The van der Waals surface area contributed by atoms with Crippen LogP contribution in [0, 0.1) is 11.3 Å². The quantitative estimate of drug-likeness (QED) is 0.592. The van der Waals surface area contributed by atoms with Crippen LogP contribution in [0.3, 0.4) is 0 Å². The highest BCUT2D eigenvalue weighted by Crippen LogP contribution is 2.56. The maximum absolute atomic E-state index is 10.4. The van der Waals surface area contributed by atoms with Crippen molar-refractivity contribution in [3.05, 3.63) is 12.2 Å². The summed E-state index contributed by atoms with van der Waals surface area (Å²) in [6.07, 6.45) is 0.762. The first-order chi connectivity index (χ1) is 4.48. The average molecular weight is 140 g/mol. The van der Waals surface area contributed by atoms with Gasteiger partial charge in [0.2, 0.25) is 0 Å². The Morgan fingerprint density at radius 1 is 1.80 bits per heavy atom. The highest BCUT2D eigenvalue weighted by molar-refractivity contribution is 5.75. The van der Waals surface area contributed by atoms with E-state index in [4.69, 9.17) is 5.11 Å². The van der Waals surface area contributed by atoms with Gasteiger partial charge in [-0.2, -0.15) is 0 Å². The number of hydrogen-bond acceptors (Lipinski definition) is 1. The molecule has 2 atom stereocenters. The lowest BCUT2D eigenvalue weighted by atomic mass is 9.98. The molecule has 0 aromatic rings. The zero-order valence-electron chi connectivity index (χ0n) is 6.35. The van der Waals surface area contributed by atoms with Crippen molar-refractivity contribution >= 4 is 5.97 Å². The summed E-state index contributed by atoms with van der Waals surface area (Å²) in [5.74, 6) is -0.865. The molecule has 0 aromatic heterocycles. The molecule has 0 aliphatic heterocycles. The van der Waals surface area contributed by atoms with Gasteiger partial charge in [-0.1, -0.05) is 19.1 Å². The topological polar surface area (TPSA) is 37.3 Å². The van der Waals surface area contributed by atoms with Crippen molar-refractivity contribution in [2.45, 2.75) is 20.3 Å². The lowest BCUT2D eigenvalue weighted by Crippen LogP contribution is -2.07. The smallest absolute Gasteiger partial charge is 0.307 e. The number of carbonyl (C=O) groups is 1. The van der Waals surface area contributed by atoms with Gasteiger partial charge in [-0.15, -0.1) is 0 Å². The van der Waals surface area contributed by atoms with E-state index >= 15 is 0 Å². The van der Waals surface area contributed by atoms with Crippen LogP contribution in [0.15, 0.2) is 12.2 Å². The van der Waals surface area contributed by atoms with E-state index in [1.807, 2.05) is 13.8 Å². The molecule has 1 fully saturated rings. The molecule has 1 N–H and O–H groups in total. The molecule has 0 radical (unpaired) electrons. The fourth-order valence-electron chi connectivity index (χ4n) is 1.20. The predicted molar refractivity (Wildman–Crippen MR) is 38.7 cm³/mol. The highest BCUT2D eigenvalue weighted by Gasteiger charge is 2.55. The Bertz CT molecular complexity index is 195. The molecule has 2 nitrogen and oxygen atoms in total. The van der Waals surface area contributed by atoms with Crippen LogP contribution in [-0.2, 0) is 4.79 Å². The van der Waals surface area contributed by atoms with Gasteiger partial charge in [0.05, 0.1) is 5.92 Å². The van der Waals surface area contributed by atoms with Gasteiger partial charge in [-0.3, -0.25) is 4.79 Å². The summed E-state index contributed by atoms with van der Waals surface area (Å²) in [4.78, 5) is 10.4. The standard InChI is InChI=1S/C8H12O2/c1-5(2)8(3)4-6(8)7(9)10/h6H,1,4H2,2-3H3,(H,9,10)/t6-,8-/m0/s1. The molecule has 2 heteroatoms. The first-order valence-electron chi connectivity index (χ1n) is 3.37. The Morgan fingerprint density at radius 3 is 2.40 bits per heavy atom. The second kappa shape index (κ2) is 1.84. The minimum absolute atomic E-state index is 0.105. The van der Waals surface area contributed by atoms with Crippen molar-refractivity contribution in [3.8, 4) is 0 Å². The lowest BCUT2D eigenvalue weighted by Gasteiger charge is -2.06. The molecule has 1 aliphatic rings. The van der Waals surface area contributed by atoms with Gasteiger partial charge in [0.15, 0.2) is 0 Å². The summed E-state index contributed by atoms with van der Waals surface area (Å²) in [5.41, 5.74) is 0.881. The monoisotopic (exact) mass is 140 g/mol. The number of rotatable bonds is 2. The third kappa shape index (κ3) is 0.838. The normalized spacial score (nSPS) is 37.2. The summed E-state index contributed by atoms with van der Waals surface area (Å²) < 4.78 is 0. The first kappa shape index (κ1) is 7.32. The Kier molecular flexibility index (Phi) is 1.35. The van der Waals surface area contributed by atoms with E-state index in [-0.39, 0.29) is 11.3 Å². The highest BCUT2D eigenvalue weighted by atomic mass is 16.4. The van der Waals surface area contributed by atoms with E-state index in [2.05, 4.69) is 6.58 Å². The lowest BCUT2D eigenvalue weighted by molar-refractivity contribution is -0.139. The molecule has 0 bridgehead atoms. The maximum atomic E-state index is 10.4. The Labute approximate surface area is 60.6 Å². The largest absolute Gasteiger partial charge is 0.481 e. The molecule has 0 heterocycles. The van der Waals surface area contributed by atoms with Crippen LogP contribution >= 0.6 is 0 Å². The van der Waals surface area contributed by atoms with Gasteiger partial charge in [-0.25, -0.2) is 0 Å². The molecular weight excluding hydrogens is 128 g/mol. The summed E-state index contributed by atoms with van der Waals surface area (Å²) >= 11 is 0. The van der Waals surface area contributed by atoms with Crippen molar-refractivity contribution in [2.75, 3.05) is 0 Å². The second-order valence-electron chi connectivity index (χ2n) is 3.29. The summed E-state index contributed by atoms with van der Waals surface area (Å²) in [6, 6.07) is 0. The molecule has 0 amide bonds. The molecule has 56 valence electrons. The molecule has 1 aliphatic carbocycles. The van der Waals surface area contributed by atoms with Gasteiger partial charge < -0.3 is 5.11 Å². The van der Waals surface area contributed by atoms with Crippen LogP contribution in [0.5, 0.6) is 0 Å². The van der Waals surface area contributed by atoms with Crippen molar-refractivity contribution < 1.29 is 9.90 Å². The molecule has 1 saturated carbocycles. The van der Waals surface area contributed by atoms with Gasteiger partial charge in [0.1, 0.15) is 0 Å². The van der Waals surface area contributed by atoms with E-state index in [1.165, 1.54) is 0 Å². The molecule has 0 saturated heterocycles. The van der Waals surface area contributed by atoms with E-state index in [0.717, 1.165) is 12.0 Å². The van der Waals surface area contributed by atoms with Gasteiger partial charge >= 0.3 is 5.97 Å². The van der Waals surface area contributed by atoms with Crippen molar-refractivity contribution in [2.24, 2.45) is 11.3 Å². The molecule has 0 unspecified atom stereocenters. The average Bonchev–Trinajstić information content (AvgIpc) is 2.43. The number of allylic oxidation sites excluding steroid dienone is 1. The third-order valence-electron chi connectivity index (χ3n) is 2.51. The summed E-state index contributed by atoms with van der Waals surface area (Å²) in [6.45, 7) is 7.60.